The number of hydrogen-bond donors (Lipinski definition) is 0. The summed E-state index contributed by atoms with van der Waals surface area (Å²) in [6.45, 7) is -0.0973. The summed E-state index contributed by atoms with van der Waals surface area (Å²) in [4.78, 5) is 12.4. The predicted molar refractivity (Wildman–Crippen MR) is 305 cm³/mol. The maximum Gasteiger partial charge on any atom is 0.252 e. The molecule has 0 saturated heterocycles. The second-order valence-electron chi connectivity index (χ2n) is 18.8. The minimum atomic E-state index is -0.0973. The van der Waals surface area contributed by atoms with Gasteiger partial charge >= 0.3 is 0 Å². The van der Waals surface area contributed by atoms with Gasteiger partial charge in [0.15, 0.2) is 0 Å². The lowest BCUT2D eigenvalue weighted by molar-refractivity contribution is 0.691. The van der Waals surface area contributed by atoms with Crippen LogP contribution >= 0.6 is 0 Å². The molecule has 344 valence electrons. The lowest BCUT2D eigenvalue weighted by Gasteiger charge is -2.45. The molecule has 0 saturated carbocycles. The molecule has 10 aromatic rings. The Bertz CT molecular complexity index is 3460. The minimum Gasteiger partial charge on any atom is -0.314 e. The average molecular weight is 926 g/mol. The average Bonchev–Trinajstić information content (AvgIpc) is 3.45. The van der Waals surface area contributed by atoms with Crippen LogP contribution in [0.2, 0.25) is 0 Å². The summed E-state index contributed by atoms with van der Waals surface area (Å²) >= 11 is 0. The van der Waals surface area contributed by atoms with E-state index in [-0.39, 0.29) is 6.71 Å². The van der Waals surface area contributed by atoms with Gasteiger partial charge in [0.05, 0.1) is 5.69 Å². The van der Waals surface area contributed by atoms with Crippen LogP contribution < -0.4 is 40.9 Å². The summed E-state index contributed by atoms with van der Waals surface area (Å²) in [7, 11) is 0. The van der Waals surface area contributed by atoms with E-state index in [4.69, 9.17) is 0 Å². The van der Waals surface area contributed by atoms with Crippen molar-refractivity contribution >= 4 is 103 Å². The minimum absolute atomic E-state index is 0.0973. The van der Waals surface area contributed by atoms with Crippen LogP contribution in [0.25, 0.3) is 0 Å². The second-order valence-corrected chi connectivity index (χ2v) is 18.8. The normalized spacial score (nSPS) is 13.3. The second kappa shape index (κ2) is 18.7. The monoisotopic (exact) mass is 925 g/mol. The Hall–Kier alpha value is -9.00. The van der Waals surface area contributed by atoms with Crippen LogP contribution in [0.15, 0.2) is 273 Å². The van der Waals surface area contributed by atoms with Crippen LogP contribution in [0.4, 0.5) is 79.6 Å². The Balaban J connectivity index is 1.12. The van der Waals surface area contributed by atoms with Gasteiger partial charge in [0, 0.05) is 79.6 Å². The van der Waals surface area contributed by atoms with Gasteiger partial charge < -0.3 is 24.5 Å². The van der Waals surface area contributed by atoms with Gasteiger partial charge in [-0.3, -0.25) is 0 Å². The van der Waals surface area contributed by atoms with E-state index in [0.717, 1.165) is 81.1 Å². The molecule has 0 bridgehead atoms. The Morgan fingerprint density at radius 1 is 0.306 bits per heavy atom. The molecule has 2 aliphatic heterocycles. The molecule has 0 fully saturated rings. The summed E-state index contributed by atoms with van der Waals surface area (Å²) in [5.41, 5.74) is 20.8. The smallest absolute Gasteiger partial charge is 0.252 e. The van der Waals surface area contributed by atoms with Crippen LogP contribution in [0.1, 0.15) is 25.7 Å². The fourth-order valence-corrected chi connectivity index (χ4v) is 11.4. The molecule has 3 aliphatic rings. The molecular weight excluding hydrogens is 874 g/mol. The van der Waals surface area contributed by atoms with Crippen LogP contribution in [0.5, 0.6) is 0 Å². The fourth-order valence-electron chi connectivity index (χ4n) is 11.4. The summed E-state index contributed by atoms with van der Waals surface area (Å²) in [6, 6.07) is 95.3. The van der Waals surface area contributed by atoms with Gasteiger partial charge in [-0.2, -0.15) is 0 Å². The highest BCUT2D eigenvalue weighted by molar-refractivity contribution is 7.00. The van der Waals surface area contributed by atoms with Crippen molar-refractivity contribution in [3.63, 3.8) is 0 Å². The van der Waals surface area contributed by atoms with Crippen molar-refractivity contribution in [1.29, 1.82) is 0 Å². The van der Waals surface area contributed by atoms with E-state index < -0.39 is 0 Å². The highest BCUT2D eigenvalue weighted by Gasteiger charge is 2.44. The molecular formula is C66H52BN5. The third-order valence-electron chi connectivity index (χ3n) is 14.5. The van der Waals surface area contributed by atoms with Gasteiger partial charge in [-0.05, 0) is 163 Å². The van der Waals surface area contributed by atoms with Crippen LogP contribution in [-0.4, -0.2) is 6.71 Å². The zero-order valence-corrected chi connectivity index (χ0v) is 40.0. The molecule has 0 N–H and O–H groups in total. The molecule has 0 aromatic heterocycles. The summed E-state index contributed by atoms with van der Waals surface area (Å²) < 4.78 is 0. The maximum absolute atomic E-state index is 2.54. The van der Waals surface area contributed by atoms with Crippen molar-refractivity contribution in [2.75, 3.05) is 24.5 Å². The first-order valence-corrected chi connectivity index (χ1v) is 25.3. The Morgan fingerprint density at radius 3 is 1.04 bits per heavy atom. The molecule has 0 atom stereocenters. The number of para-hydroxylation sites is 7. The number of benzene rings is 10. The van der Waals surface area contributed by atoms with Crippen molar-refractivity contribution in [3.8, 4) is 0 Å². The van der Waals surface area contributed by atoms with Crippen molar-refractivity contribution in [2.24, 2.45) is 0 Å². The Kier molecular flexibility index (Phi) is 11.2. The number of allylic oxidation sites excluding steroid dienone is 2. The van der Waals surface area contributed by atoms with Gasteiger partial charge in [-0.15, -0.1) is 0 Å². The van der Waals surface area contributed by atoms with Crippen LogP contribution in [0, 0.1) is 0 Å². The Labute approximate surface area is 423 Å². The fraction of sp³-hybridized carbons (Fsp3) is 0.0606. The van der Waals surface area contributed by atoms with Crippen LogP contribution in [-0.2, 0) is 0 Å². The zero-order valence-electron chi connectivity index (χ0n) is 40.0. The number of anilines is 14. The highest BCUT2D eigenvalue weighted by atomic mass is 15.2. The summed E-state index contributed by atoms with van der Waals surface area (Å²) in [5, 5.41) is 0. The van der Waals surface area contributed by atoms with Crippen molar-refractivity contribution in [3.05, 3.63) is 273 Å². The molecule has 6 heteroatoms. The van der Waals surface area contributed by atoms with Crippen molar-refractivity contribution in [2.45, 2.75) is 25.7 Å². The van der Waals surface area contributed by atoms with Gasteiger partial charge in [0.2, 0.25) is 0 Å². The molecule has 1 aliphatic carbocycles. The summed E-state index contributed by atoms with van der Waals surface area (Å²) in [5.74, 6) is 0. The van der Waals surface area contributed by atoms with E-state index in [0.29, 0.717) is 0 Å². The maximum atomic E-state index is 2.54. The third-order valence-corrected chi connectivity index (χ3v) is 14.5. The van der Waals surface area contributed by atoms with Gasteiger partial charge in [0.25, 0.3) is 6.71 Å². The molecule has 0 spiro atoms. The van der Waals surface area contributed by atoms with Crippen molar-refractivity contribution in [1.82, 2.24) is 0 Å². The molecule has 5 nitrogen and oxygen atoms in total. The van der Waals surface area contributed by atoms with E-state index in [9.17, 15) is 0 Å². The van der Waals surface area contributed by atoms with E-state index in [2.05, 4.69) is 291 Å². The number of rotatable bonds is 11. The molecule has 0 unspecified atom stereocenters. The molecule has 10 aromatic carbocycles. The quantitative estimate of drug-likeness (QED) is 0.120. The molecule has 0 radical (unpaired) electrons. The zero-order chi connectivity index (χ0) is 47.8. The largest absolute Gasteiger partial charge is 0.314 e. The van der Waals surface area contributed by atoms with E-state index in [1.54, 1.807) is 0 Å². The van der Waals surface area contributed by atoms with E-state index >= 15 is 0 Å². The van der Waals surface area contributed by atoms with Crippen LogP contribution in [0.3, 0.4) is 0 Å². The standard InChI is InChI=1S/C66H52BN5/c1-9-25-49(26-10-1)68(50-27-11-2-12-28-50)57-41-43-60-62(45-57)71(55-37-21-7-22-38-55)64-47-59(70(53-33-17-5-18-34-53)54-35-19-6-20-36-54)48-65-66(64)67(60)61-44-42-58(46-63(61)72(65)56-39-23-8-24-40-56)69(51-29-13-3-14-30-51)52-31-15-4-16-32-52/h1-3,5-14,17-31,33-48H,4,15-16,32H2. The molecule has 2 heterocycles. The van der Waals surface area contributed by atoms with E-state index in [1.807, 2.05) is 0 Å². The lowest BCUT2D eigenvalue weighted by atomic mass is 9.33. The SMILES string of the molecule is C1=C(N(c2ccccc2)c2ccc3c(c2)N(c2ccccc2)c2cc(N(c4ccccc4)c4ccccc4)cc4c2B3c2ccc(N(c3ccccc3)c3ccccc3)cc2N4c2ccccc2)CCCC1. The van der Waals surface area contributed by atoms with Gasteiger partial charge in [0.1, 0.15) is 0 Å². The van der Waals surface area contributed by atoms with Gasteiger partial charge in [-0.25, -0.2) is 0 Å². The first kappa shape index (κ1) is 43.1. The number of nitrogens with zero attached hydrogens (tertiary/aromatic N) is 5. The first-order valence-electron chi connectivity index (χ1n) is 25.3. The molecule has 0 amide bonds. The highest BCUT2D eigenvalue weighted by Crippen LogP contribution is 2.50. The molecule has 72 heavy (non-hydrogen) atoms. The van der Waals surface area contributed by atoms with Gasteiger partial charge in [-0.1, -0.05) is 146 Å². The number of fused-ring (bicyclic) bond motifs is 4. The molecule has 13 rings (SSSR count). The third kappa shape index (κ3) is 7.69. The Morgan fingerprint density at radius 2 is 0.653 bits per heavy atom. The summed E-state index contributed by atoms with van der Waals surface area (Å²) in [6.07, 6.45) is 6.99. The first-order chi connectivity index (χ1) is 35.8. The predicted octanol–water partition coefficient (Wildman–Crippen LogP) is 16.3. The number of hydrogen-bond acceptors (Lipinski definition) is 5. The van der Waals surface area contributed by atoms with E-state index in [1.165, 1.54) is 46.3 Å². The van der Waals surface area contributed by atoms with Crippen molar-refractivity contribution < 1.29 is 0 Å². The lowest BCUT2D eigenvalue weighted by Crippen LogP contribution is -2.61. The topological polar surface area (TPSA) is 16.2 Å².